The number of aromatic nitrogens is 2. The summed E-state index contributed by atoms with van der Waals surface area (Å²) in [5.74, 6) is 0.591. The van der Waals surface area contributed by atoms with E-state index in [2.05, 4.69) is 56.1 Å². The lowest BCUT2D eigenvalue weighted by molar-refractivity contribution is -0.125. The fourth-order valence-electron chi connectivity index (χ4n) is 6.26. The van der Waals surface area contributed by atoms with Crippen LogP contribution in [0.25, 0.3) is 0 Å². The molecule has 1 atom stereocenters. The maximum absolute atomic E-state index is 12.3. The Morgan fingerprint density at radius 3 is 2.36 bits per heavy atom. The summed E-state index contributed by atoms with van der Waals surface area (Å²) in [4.78, 5) is 42.9. The van der Waals surface area contributed by atoms with Crippen LogP contribution < -0.4 is 21.3 Å². The lowest BCUT2D eigenvalue weighted by atomic mass is 10.0. The molecule has 1 aromatic heterocycles. The van der Waals surface area contributed by atoms with Gasteiger partial charge in [-0.1, -0.05) is 13.5 Å². The van der Waals surface area contributed by atoms with E-state index < -0.39 is 5.91 Å². The van der Waals surface area contributed by atoms with Crippen LogP contribution >= 0.6 is 0 Å². The number of anilines is 4. The molecule has 0 spiro atoms. The van der Waals surface area contributed by atoms with Gasteiger partial charge in [0.1, 0.15) is 5.82 Å². The van der Waals surface area contributed by atoms with E-state index in [1.54, 1.807) is 0 Å². The van der Waals surface area contributed by atoms with E-state index >= 15 is 0 Å². The molecule has 0 unspecified atom stereocenters. The zero-order valence-corrected chi connectivity index (χ0v) is 25.0. The van der Waals surface area contributed by atoms with Crippen molar-refractivity contribution in [3.63, 3.8) is 0 Å². The Morgan fingerprint density at radius 2 is 1.71 bits per heavy atom. The molecule has 42 heavy (non-hydrogen) atoms. The van der Waals surface area contributed by atoms with Crippen LogP contribution in [0.4, 0.5) is 23.0 Å². The molecule has 2 aromatic rings. The number of carbonyl (C=O) groups excluding carboxylic acids is 2. The molecule has 3 fully saturated rings. The molecule has 0 saturated carbocycles. The third-order valence-corrected chi connectivity index (χ3v) is 8.88. The van der Waals surface area contributed by atoms with Gasteiger partial charge in [0.25, 0.3) is 5.91 Å². The number of piperidine rings is 1. The van der Waals surface area contributed by atoms with Gasteiger partial charge in [0.15, 0.2) is 11.5 Å². The third-order valence-electron chi connectivity index (χ3n) is 8.88. The Balaban J connectivity index is 1.22. The Bertz CT molecular complexity index is 1250. The summed E-state index contributed by atoms with van der Waals surface area (Å²) >= 11 is 0. The minimum absolute atomic E-state index is 0.0370. The quantitative estimate of drug-likeness (QED) is 0.367. The molecule has 4 N–H and O–H groups in total. The summed E-state index contributed by atoms with van der Waals surface area (Å²) in [5, 5.41) is 6.69. The van der Waals surface area contributed by atoms with Gasteiger partial charge in [-0.05, 0) is 69.0 Å². The van der Waals surface area contributed by atoms with Crippen molar-refractivity contribution in [2.75, 3.05) is 81.5 Å². The maximum Gasteiger partial charge on any atom is 0.271 e. The first-order valence-corrected chi connectivity index (χ1v) is 15.2. The van der Waals surface area contributed by atoms with Crippen molar-refractivity contribution in [3.8, 4) is 0 Å². The van der Waals surface area contributed by atoms with Crippen LogP contribution in [0.3, 0.4) is 0 Å². The SMILES string of the molecule is C=CC(=O)N1CC[C@@H](CNc2nc(Nc3ccc(N4CCC(N5CCN(C)CC5)CC4)cc3)c(C(N)=O)nc2CC)C1. The molecular weight excluding hydrogens is 530 g/mol. The van der Waals surface area contributed by atoms with E-state index in [9.17, 15) is 9.59 Å². The molecule has 11 heteroatoms. The van der Waals surface area contributed by atoms with Crippen LogP contribution in [-0.2, 0) is 11.2 Å². The van der Waals surface area contributed by atoms with Crippen LogP contribution in [0.15, 0.2) is 36.9 Å². The van der Waals surface area contributed by atoms with E-state index in [0.717, 1.165) is 44.8 Å². The minimum Gasteiger partial charge on any atom is -0.371 e. The monoisotopic (exact) mass is 575 g/mol. The Labute approximate surface area is 249 Å². The van der Waals surface area contributed by atoms with Crippen molar-refractivity contribution in [2.24, 2.45) is 11.7 Å². The van der Waals surface area contributed by atoms with Gasteiger partial charge in [-0.2, -0.15) is 0 Å². The summed E-state index contributed by atoms with van der Waals surface area (Å²) in [6.45, 7) is 14.4. The van der Waals surface area contributed by atoms with Crippen molar-refractivity contribution in [2.45, 2.75) is 38.6 Å². The second-order valence-electron chi connectivity index (χ2n) is 11.7. The molecule has 0 radical (unpaired) electrons. The number of nitrogens with zero attached hydrogens (tertiary/aromatic N) is 6. The van der Waals surface area contributed by atoms with Crippen molar-refractivity contribution in [3.05, 3.63) is 48.3 Å². The van der Waals surface area contributed by atoms with Gasteiger partial charge in [-0.3, -0.25) is 14.5 Å². The number of likely N-dealkylation sites (tertiary alicyclic amines) is 1. The van der Waals surface area contributed by atoms with E-state index in [1.807, 2.05) is 24.0 Å². The number of piperazine rings is 1. The summed E-state index contributed by atoms with van der Waals surface area (Å²) < 4.78 is 0. The zero-order chi connectivity index (χ0) is 29.6. The topological polar surface area (TPSA) is 123 Å². The number of nitrogens with one attached hydrogen (secondary N) is 2. The highest BCUT2D eigenvalue weighted by Crippen LogP contribution is 2.28. The number of carbonyl (C=O) groups is 2. The Hall–Kier alpha value is -3.70. The zero-order valence-electron chi connectivity index (χ0n) is 25.0. The van der Waals surface area contributed by atoms with Crippen molar-refractivity contribution in [1.82, 2.24) is 24.7 Å². The minimum atomic E-state index is -0.625. The smallest absolute Gasteiger partial charge is 0.271 e. The molecule has 5 rings (SSSR count). The Kier molecular flexibility index (Phi) is 9.58. The van der Waals surface area contributed by atoms with Crippen molar-refractivity contribution < 1.29 is 9.59 Å². The average Bonchev–Trinajstić information content (AvgIpc) is 3.49. The summed E-state index contributed by atoms with van der Waals surface area (Å²) in [5.41, 5.74) is 8.52. The normalized spacial score (nSPS) is 20.5. The summed E-state index contributed by atoms with van der Waals surface area (Å²) in [6, 6.07) is 8.94. The number of benzene rings is 1. The summed E-state index contributed by atoms with van der Waals surface area (Å²) in [7, 11) is 2.20. The number of hydrogen-bond donors (Lipinski definition) is 3. The fraction of sp³-hybridized carbons (Fsp3) is 0.548. The second-order valence-corrected chi connectivity index (χ2v) is 11.7. The van der Waals surface area contributed by atoms with Crippen LogP contribution in [0.1, 0.15) is 42.4 Å². The molecule has 4 heterocycles. The molecule has 226 valence electrons. The van der Waals surface area contributed by atoms with Gasteiger partial charge in [-0.15, -0.1) is 0 Å². The molecule has 0 aliphatic carbocycles. The first-order chi connectivity index (χ1) is 20.3. The third kappa shape index (κ3) is 7.01. The number of likely N-dealkylation sites (N-methyl/N-ethyl adjacent to an activating group) is 1. The van der Waals surface area contributed by atoms with Crippen LogP contribution in [0, 0.1) is 5.92 Å². The van der Waals surface area contributed by atoms with E-state index in [0.29, 0.717) is 48.8 Å². The molecule has 2 amide bonds. The predicted molar refractivity (Wildman–Crippen MR) is 167 cm³/mol. The van der Waals surface area contributed by atoms with Crippen molar-refractivity contribution >= 4 is 34.8 Å². The van der Waals surface area contributed by atoms with E-state index in [4.69, 9.17) is 10.7 Å². The first-order valence-electron chi connectivity index (χ1n) is 15.2. The second kappa shape index (κ2) is 13.5. The molecule has 0 bridgehead atoms. The molecule has 3 aliphatic rings. The Morgan fingerprint density at radius 1 is 1.00 bits per heavy atom. The highest BCUT2D eigenvalue weighted by Gasteiger charge is 2.27. The van der Waals surface area contributed by atoms with E-state index in [1.165, 1.54) is 37.7 Å². The first kappa shape index (κ1) is 29.8. The number of amides is 2. The number of primary amides is 1. The van der Waals surface area contributed by atoms with Gasteiger partial charge in [0.2, 0.25) is 5.91 Å². The molecule has 1 aromatic carbocycles. The van der Waals surface area contributed by atoms with Crippen LogP contribution in [0.5, 0.6) is 0 Å². The van der Waals surface area contributed by atoms with Gasteiger partial charge in [0, 0.05) is 76.3 Å². The van der Waals surface area contributed by atoms with Gasteiger partial charge in [-0.25, -0.2) is 9.97 Å². The fourth-order valence-corrected chi connectivity index (χ4v) is 6.26. The number of rotatable bonds is 10. The predicted octanol–water partition coefficient (Wildman–Crippen LogP) is 2.54. The lowest BCUT2D eigenvalue weighted by Crippen LogP contribution is -2.52. The maximum atomic E-state index is 12.3. The van der Waals surface area contributed by atoms with Crippen LogP contribution in [0.2, 0.25) is 0 Å². The number of aryl methyl sites for hydroxylation is 1. The average molecular weight is 576 g/mol. The summed E-state index contributed by atoms with van der Waals surface area (Å²) in [6.07, 6.45) is 5.24. The number of nitrogens with two attached hydrogens (primary N) is 1. The lowest BCUT2D eigenvalue weighted by Gasteiger charge is -2.42. The standard InChI is InChI=1S/C31H45N9O2/c1-4-26-30(33-20-22-10-13-40(21-22)27(41)5-2)36-31(28(35-26)29(32)42)34-23-6-8-24(9-7-23)38-14-11-25(12-15-38)39-18-16-37(3)17-19-39/h5-9,22,25H,2,4,10-21H2,1,3H3,(H2,32,42)(H2,33,34,36)/t22-/m0/s1. The molecular formula is C31H45N9O2. The highest BCUT2D eigenvalue weighted by molar-refractivity contribution is 5.96. The molecule has 3 aliphatic heterocycles. The van der Waals surface area contributed by atoms with E-state index in [-0.39, 0.29) is 11.6 Å². The van der Waals surface area contributed by atoms with Crippen LogP contribution in [-0.4, -0.2) is 108 Å². The highest BCUT2D eigenvalue weighted by atomic mass is 16.2. The largest absolute Gasteiger partial charge is 0.371 e. The van der Waals surface area contributed by atoms with Gasteiger partial charge in [0.05, 0.1) is 5.69 Å². The molecule has 11 nitrogen and oxygen atoms in total. The van der Waals surface area contributed by atoms with Gasteiger partial charge >= 0.3 is 0 Å². The molecule has 3 saturated heterocycles. The number of hydrogen-bond acceptors (Lipinski definition) is 9. The van der Waals surface area contributed by atoms with Gasteiger partial charge < -0.3 is 31.1 Å². The van der Waals surface area contributed by atoms with Crippen molar-refractivity contribution in [1.29, 1.82) is 0 Å².